The summed E-state index contributed by atoms with van der Waals surface area (Å²) in [6.07, 6.45) is 3.26. The second kappa shape index (κ2) is 6.77. The Balaban J connectivity index is 2.12. The summed E-state index contributed by atoms with van der Waals surface area (Å²) < 4.78 is -0.990. The van der Waals surface area contributed by atoms with Crippen LogP contribution in [0, 0.1) is 5.41 Å². The van der Waals surface area contributed by atoms with E-state index in [-0.39, 0.29) is 5.91 Å². The molecule has 1 aromatic carbocycles. The average molecular weight is 362 g/mol. The molecule has 0 radical (unpaired) electrons. The van der Waals surface area contributed by atoms with Crippen molar-refractivity contribution in [3.05, 3.63) is 34.9 Å². The van der Waals surface area contributed by atoms with Crippen LogP contribution in [0.25, 0.3) is 0 Å². The van der Waals surface area contributed by atoms with E-state index in [0.29, 0.717) is 11.4 Å². The number of carbonyl (C=O) groups excluding carboxylic acids is 1. The molecule has 0 bridgehead atoms. The summed E-state index contributed by atoms with van der Waals surface area (Å²) >= 11 is 17.9. The molecule has 0 spiro atoms. The van der Waals surface area contributed by atoms with Crippen molar-refractivity contribution in [2.75, 3.05) is 0 Å². The van der Waals surface area contributed by atoms with Crippen molar-refractivity contribution >= 4 is 46.4 Å². The number of rotatable bonds is 6. The Morgan fingerprint density at radius 1 is 1.32 bits per heavy atom. The molecule has 3 nitrogen and oxygen atoms in total. The van der Waals surface area contributed by atoms with E-state index in [1.54, 1.807) is 6.92 Å². The van der Waals surface area contributed by atoms with E-state index in [2.05, 4.69) is 17.5 Å². The van der Waals surface area contributed by atoms with Gasteiger partial charge in [-0.2, -0.15) is 5.10 Å². The molecule has 120 valence electrons. The smallest absolute Gasteiger partial charge is 0.249 e. The average Bonchev–Trinajstić information content (AvgIpc) is 3.00. The molecule has 1 amide bonds. The third-order valence-electron chi connectivity index (χ3n) is 4.00. The number of amides is 1. The third kappa shape index (κ3) is 3.76. The Labute approximate surface area is 146 Å². The van der Waals surface area contributed by atoms with Gasteiger partial charge < -0.3 is 0 Å². The number of nitrogens with zero attached hydrogens (tertiary/aromatic N) is 1. The largest absolute Gasteiger partial charge is 0.272 e. The van der Waals surface area contributed by atoms with E-state index in [1.807, 2.05) is 24.3 Å². The summed E-state index contributed by atoms with van der Waals surface area (Å²) in [5, 5.41) is 4.96. The lowest BCUT2D eigenvalue weighted by molar-refractivity contribution is -0.125. The summed E-state index contributed by atoms with van der Waals surface area (Å²) in [4.78, 5) is 12.2. The molecule has 0 aromatic heterocycles. The lowest BCUT2D eigenvalue weighted by atomic mass is 10.1. The zero-order valence-corrected chi connectivity index (χ0v) is 14.9. The van der Waals surface area contributed by atoms with Crippen molar-refractivity contribution < 1.29 is 4.79 Å². The van der Waals surface area contributed by atoms with Crippen molar-refractivity contribution in [2.45, 2.75) is 43.9 Å². The fourth-order valence-electron chi connectivity index (χ4n) is 2.14. The highest BCUT2D eigenvalue weighted by molar-refractivity contribution is 6.53. The normalized spacial score (nSPS) is 23.2. The van der Waals surface area contributed by atoms with Crippen molar-refractivity contribution in [3.63, 3.8) is 0 Å². The number of alkyl halides is 2. The van der Waals surface area contributed by atoms with E-state index in [4.69, 9.17) is 34.8 Å². The molecule has 1 aliphatic rings. The first-order chi connectivity index (χ1) is 10.3. The second-order valence-electron chi connectivity index (χ2n) is 5.82. The Hall–Kier alpha value is -0.770. The van der Waals surface area contributed by atoms with Crippen LogP contribution in [-0.4, -0.2) is 16.0 Å². The van der Waals surface area contributed by atoms with Crippen molar-refractivity contribution in [1.29, 1.82) is 0 Å². The van der Waals surface area contributed by atoms with Gasteiger partial charge in [-0.05, 0) is 43.9 Å². The van der Waals surface area contributed by atoms with Crippen molar-refractivity contribution in [1.82, 2.24) is 5.43 Å². The maximum atomic E-state index is 12.2. The van der Waals surface area contributed by atoms with Gasteiger partial charge in [-0.3, -0.25) is 4.79 Å². The first-order valence-corrected chi connectivity index (χ1v) is 8.44. The van der Waals surface area contributed by atoms with Gasteiger partial charge >= 0.3 is 0 Å². The number of nitrogens with one attached hydrogen (secondary N) is 1. The van der Waals surface area contributed by atoms with E-state index in [9.17, 15) is 4.79 Å². The van der Waals surface area contributed by atoms with Gasteiger partial charge in [-0.1, -0.05) is 37.1 Å². The highest BCUT2D eigenvalue weighted by Crippen LogP contribution is 2.63. The summed E-state index contributed by atoms with van der Waals surface area (Å²) in [5.41, 5.74) is 3.61. The van der Waals surface area contributed by atoms with Crippen LogP contribution in [-0.2, 0) is 4.79 Å². The number of hydrogen-bond donors (Lipinski definition) is 1. The molecule has 1 atom stereocenters. The van der Waals surface area contributed by atoms with Crippen molar-refractivity contribution in [2.24, 2.45) is 10.5 Å². The van der Waals surface area contributed by atoms with Gasteiger partial charge in [0.2, 0.25) is 5.91 Å². The third-order valence-corrected chi connectivity index (χ3v) is 5.35. The molecule has 0 aliphatic heterocycles. The summed E-state index contributed by atoms with van der Waals surface area (Å²) in [5.74, 6) is -0.250. The fraction of sp³-hybridized carbons (Fsp3) is 0.500. The highest BCUT2D eigenvalue weighted by Gasteiger charge is 2.68. The SMILES string of the molecule is CCCCC(=NNC(=O)C1(C)CC1(Cl)Cl)c1ccc(Cl)cc1. The van der Waals surface area contributed by atoms with Gasteiger partial charge in [-0.25, -0.2) is 5.43 Å². The number of benzene rings is 1. The standard InChI is InChI=1S/C16H19Cl3N2O/c1-3-4-5-13(11-6-8-12(17)9-7-11)20-21-14(22)15(2)10-16(15,18)19/h6-9H,3-5,10H2,1-2H3,(H,21,22). The van der Waals surface area contributed by atoms with Crippen LogP contribution in [0.4, 0.5) is 0 Å². The first-order valence-electron chi connectivity index (χ1n) is 7.31. The van der Waals surface area contributed by atoms with Gasteiger partial charge in [0.25, 0.3) is 0 Å². The quantitative estimate of drug-likeness (QED) is 0.435. The van der Waals surface area contributed by atoms with Gasteiger partial charge in [0.1, 0.15) is 4.33 Å². The molecule has 1 N–H and O–H groups in total. The molecular weight excluding hydrogens is 343 g/mol. The lowest BCUT2D eigenvalue weighted by Gasteiger charge is -2.11. The minimum absolute atomic E-state index is 0.250. The monoisotopic (exact) mass is 360 g/mol. The number of hydrazone groups is 1. The number of halogens is 3. The predicted octanol–water partition coefficient (Wildman–Crippen LogP) is 4.93. The molecule has 1 aliphatic carbocycles. The molecule has 1 unspecified atom stereocenters. The Bertz CT molecular complexity index is 584. The van der Waals surface area contributed by atoms with Gasteiger partial charge in [0.15, 0.2) is 0 Å². The summed E-state index contributed by atoms with van der Waals surface area (Å²) in [7, 11) is 0. The molecule has 0 heterocycles. The second-order valence-corrected chi connectivity index (χ2v) is 7.74. The van der Waals surface area contributed by atoms with Crippen LogP contribution in [0.2, 0.25) is 5.02 Å². The maximum absolute atomic E-state index is 12.2. The Morgan fingerprint density at radius 2 is 1.91 bits per heavy atom. The van der Waals surface area contributed by atoms with Crippen LogP contribution >= 0.6 is 34.8 Å². The lowest BCUT2D eigenvalue weighted by Crippen LogP contribution is -2.30. The van der Waals surface area contributed by atoms with Gasteiger partial charge in [0.05, 0.1) is 11.1 Å². The number of hydrogen-bond acceptors (Lipinski definition) is 2. The molecular formula is C16H19Cl3N2O. The fourth-order valence-corrected chi connectivity index (χ4v) is 2.97. The van der Waals surface area contributed by atoms with Crippen LogP contribution in [0.5, 0.6) is 0 Å². The molecule has 22 heavy (non-hydrogen) atoms. The van der Waals surface area contributed by atoms with E-state index in [1.165, 1.54) is 0 Å². The summed E-state index contributed by atoms with van der Waals surface area (Å²) in [6, 6.07) is 7.42. The minimum atomic E-state index is -0.990. The van der Waals surface area contributed by atoms with E-state index >= 15 is 0 Å². The molecule has 1 fully saturated rings. The van der Waals surface area contributed by atoms with Crippen LogP contribution in [0.3, 0.4) is 0 Å². The molecule has 0 saturated heterocycles. The highest BCUT2D eigenvalue weighted by atomic mass is 35.5. The molecule has 1 aromatic rings. The first kappa shape index (κ1) is 17.6. The number of carbonyl (C=O) groups is 1. The van der Waals surface area contributed by atoms with Gasteiger partial charge in [0, 0.05) is 5.02 Å². The van der Waals surface area contributed by atoms with Gasteiger partial charge in [-0.15, -0.1) is 23.2 Å². The number of unbranched alkanes of at least 4 members (excludes halogenated alkanes) is 1. The minimum Gasteiger partial charge on any atom is -0.272 e. The molecule has 1 saturated carbocycles. The zero-order chi connectivity index (χ0) is 16.4. The molecule has 6 heteroatoms. The maximum Gasteiger partial charge on any atom is 0.249 e. The van der Waals surface area contributed by atoms with E-state index < -0.39 is 9.75 Å². The van der Waals surface area contributed by atoms with Crippen molar-refractivity contribution in [3.8, 4) is 0 Å². The van der Waals surface area contributed by atoms with Crippen LogP contribution < -0.4 is 5.43 Å². The topological polar surface area (TPSA) is 41.5 Å². The van der Waals surface area contributed by atoms with Crippen LogP contribution in [0.15, 0.2) is 29.4 Å². The predicted molar refractivity (Wildman–Crippen MR) is 92.8 cm³/mol. The summed E-state index contributed by atoms with van der Waals surface area (Å²) in [6.45, 7) is 3.85. The molecule has 2 rings (SSSR count). The zero-order valence-electron chi connectivity index (χ0n) is 12.6. The van der Waals surface area contributed by atoms with Crippen LogP contribution in [0.1, 0.15) is 45.1 Å². The Kier molecular flexibility index (Phi) is 5.41. The Morgan fingerprint density at radius 3 is 2.41 bits per heavy atom. The van der Waals surface area contributed by atoms with E-state index in [0.717, 1.165) is 30.5 Å².